The third-order valence-corrected chi connectivity index (χ3v) is 5.52. The lowest BCUT2D eigenvalue weighted by molar-refractivity contribution is 0.0952. The van der Waals surface area contributed by atoms with Crippen molar-refractivity contribution >= 4 is 28.8 Å². The maximum absolute atomic E-state index is 12.6. The van der Waals surface area contributed by atoms with E-state index in [-0.39, 0.29) is 11.8 Å². The molecule has 2 aromatic rings. The molecule has 0 unspecified atom stereocenters. The molecule has 0 atom stereocenters. The van der Waals surface area contributed by atoms with Crippen LogP contribution in [-0.4, -0.2) is 42.9 Å². The van der Waals surface area contributed by atoms with Crippen LogP contribution in [-0.2, 0) is 0 Å². The molecule has 2 amide bonds. The second kappa shape index (κ2) is 10.2. The molecule has 2 N–H and O–H groups in total. The van der Waals surface area contributed by atoms with Crippen molar-refractivity contribution in [1.82, 2.24) is 10.2 Å². The zero-order valence-corrected chi connectivity index (χ0v) is 16.4. The molecule has 0 saturated carbocycles. The Morgan fingerprint density at radius 2 is 1.78 bits per heavy atom. The van der Waals surface area contributed by atoms with E-state index < -0.39 is 0 Å². The lowest BCUT2D eigenvalue weighted by Gasteiger charge is -2.19. The molecule has 1 aliphatic heterocycles. The number of thiophene rings is 1. The Balaban J connectivity index is 1.50. The van der Waals surface area contributed by atoms with Crippen molar-refractivity contribution in [3.63, 3.8) is 0 Å². The second-order valence-corrected chi connectivity index (χ2v) is 7.66. The molecule has 0 aliphatic carbocycles. The maximum atomic E-state index is 12.6. The smallest absolute Gasteiger partial charge is 0.256 e. The zero-order valence-electron chi connectivity index (χ0n) is 15.6. The average Bonchev–Trinajstić information content (AvgIpc) is 3.10. The normalized spacial score (nSPS) is 15.1. The number of carbonyl (C=O) groups is 2. The third kappa shape index (κ3) is 5.91. The number of benzene rings is 1. The van der Waals surface area contributed by atoms with Gasteiger partial charge >= 0.3 is 0 Å². The molecule has 144 valence electrons. The first-order valence-corrected chi connectivity index (χ1v) is 10.6. The topological polar surface area (TPSA) is 61.4 Å². The Kier molecular flexibility index (Phi) is 7.42. The highest BCUT2D eigenvalue weighted by Gasteiger charge is 2.14. The number of amides is 2. The van der Waals surface area contributed by atoms with E-state index in [4.69, 9.17) is 0 Å². The van der Waals surface area contributed by atoms with Gasteiger partial charge in [-0.2, -0.15) is 11.3 Å². The van der Waals surface area contributed by atoms with Crippen LogP contribution in [0.2, 0.25) is 0 Å². The predicted octanol–water partition coefficient (Wildman–Crippen LogP) is 4.00. The van der Waals surface area contributed by atoms with Gasteiger partial charge in [-0.15, -0.1) is 0 Å². The Bertz CT molecular complexity index is 738. The first-order chi connectivity index (χ1) is 13.2. The van der Waals surface area contributed by atoms with Gasteiger partial charge < -0.3 is 15.5 Å². The number of hydrogen-bond acceptors (Lipinski definition) is 4. The number of anilines is 1. The summed E-state index contributed by atoms with van der Waals surface area (Å²) in [5, 5.41) is 9.48. The van der Waals surface area contributed by atoms with Crippen LogP contribution in [0.25, 0.3) is 0 Å². The summed E-state index contributed by atoms with van der Waals surface area (Å²) >= 11 is 1.47. The van der Waals surface area contributed by atoms with E-state index >= 15 is 0 Å². The molecule has 1 aliphatic rings. The summed E-state index contributed by atoms with van der Waals surface area (Å²) in [6.45, 7) is 4.01. The van der Waals surface area contributed by atoms with Gasteiger partial charge in [0.25, 0.3) is 11.8 Å². The summed E-state index contributed by atoms with van der Waals surface area (Å²) < 4.78 is 0. The van der Waals surface area contributed by atoms with Crippen LogP contribution in [0.5, 0.6) is 0 Å². The van der Waals surface area contributed by atoms with E-state index in [1.165, 1.54) is 50.1 Å². The van der Waals surface area contributed by atoms with Crippen molar-refractivity contribution in [3.05, 3.63) is 52.2 Å². The summed E-state index contributed by atoms with van der Waals surface area (Å²) in [6, 6.07) is 8.90. The van der Waals surface area contributed by atoms with Crippen LogP contribution < -0.4 is 10.6 Å². The SMILES string of the molecule is O=C(Nc1ccccc1C(=O)NCCCN1CCCCCC1)c1ccsc1. The molecule has 1 fully saturated rings. The molecular formula is C21H27N3O2S. The zero-order chi connectivity index (χ0) is 18.9. The Morgan fingerprint density at radius 1 is 1.00 bits per heavy atom. The van der Waals surface area contributed by atoms with Crippen molar-refractivity contribution in [1.29, 1.82) is 0 Å². The maximum Gasteiger partial charge on any atom is 0.256 e. The Hall–Kier alpha value is -2.18. The van der Waals surface area contributed by atoms with Gasteiger partial charge in [-0.3, -0.25) is 9.59 Å². The Morgan fingerprint density at radius 3 is 2.52 bits per heavy atom. The lowest BCUT2D eigenvalue weighted by atomic mass is 10.1. The van der Waals surface area contributed by atoms with Crippen molar-refractivity contribution in [2.75, 3.05) is 31.5 Å². The number of hydrogen-bond donors (Lipinski definition) is 2. The molecule has 5 nitrogen and oxygen atoms in total. The van der Waals surface area contributed by atoms with E-state index in [1.54, 1.807) is 23.6 Å². The van der Waals surface area contributed by atoms with Crippen LogP contribution in [0.1, 0.15) is 52.8 Å². The van der Waals surface area contributed by atoms with Gasteiger partial charge in [0.15, 0.2) is 0 Å². The second-order valence-electron chi connectivity index (χ2n) is 6.88. The lowest BCUT2D eigenvalue weighted by Crippen LogP contribution is -2.31. The molecule has 0 bridgehead atoms. The third-order valence-electron chi connectivity index (χ3n) is 4.84. The molecule has 2 heterocycles. The average molecular weight is 386 g/mol. The summed E-state index contributed by atoms with van der Waals surface area (Å²) in [6.07, 6.45) is 6.17. The predicted molar refractivity (Wildman–Crippen MR) is 111 cm³/mol. The molecular weight excluding hydrogens is 358 g/mol. The largest absolute Gasteiger partial charge is 0.352 e. The van der Waals surface area contributed by atoms with Gasteiger partial charge in [-0.25, -0.2) is 0 Å². The van der Waals surface area contributed by atoms with Crippen LogP contribution in [0.3, 0.4) is 0 Å². The molecule has 1 aromatic heterocycles. The van der Waals surface area contributed by atoms with Crippen LogP contribution in [0.15, 0.2) is 41.1 Å². The van der Waals surface area contributed by atoms with Crippen molar-refractivity contribution in [2.45, 2.75) is 32.1 Å². The summed E-state index contributed by atoms with van der Waals surface area (Å²) in [5.41, 5.74) is 1.64. The van der Waals surface area contributed by atoms with Gasteiger partial charge in [0.05, 0.1) is 16.8 Å². The standard InChI is InChI=1S/C21H27N3O2S/c25-20(17-10-15-27-16-17)23-19-9-4-3-8-18(19)21(26)22-11-7-14-24-12-5-1-2-6-13-24/h3-4,8-10,15-16H,1-2,5-7,11-14H2,(H,22,26)(H,23,25). The van der Waals surface area contributed by atoms with Crippen LogP contribution in [0.4, 0.5) is 5.69 Å². The van der Waals surface area contributed by atoms with E-state index in [9.17, 15) is 9.59 Å². The molecule has 0 radical (unpaired) electrons. The number of nitrogens with one attached hydrogen (secondary N) is 2. The molecule has 27 heavy (non-hydrogen) atoms. The molecule has 6 heteroatoms. The van der Waals surface area contributed by atoms with Gasteiger partial charge in [0.2, 0.25) is 0 Å². The highest BCUT2D eigenvalue weighted by atomic mass is 32.1. The minimum Gasteiger partial charge on any atom is -0.352 e. The van der Waals surface area contributed by atoms with Crippen LogP contribution >= 0.6 is 11.3 Å². The number of likely N-dealkylation sites (tertiary alicyclic amines) is 1. The Labute approximate surface area is 164 Å². The quantitative estimate of drug-likeness (QED) is 0.708. The fourth-order valence-corrected chi connectivity index (χ4v) is 3.97. The molecule has 1 saturated heterocycles. The minimum absolute atomic E-state index is 0.146. The van der Waals surface area contributed by atoms with Crippen LogP contribution in [0, 0.1) is 0 Å². The number of rotatable bonds is 7. The summed E-state index contributed by atoms with van der Waals surface area (Å²) in [7, 11) is 0. The highest BCUT2D eigenvalue weighted by Crippen LogP contribution is 2.17. The molecule has 0 spiro atoms. The summed E-state index contributed by atoms with van der Waals surface area (Å²) in [5.74, 6) is -0.343. The highest BCUT2D eigenvalue weighted by molar-refractivity contribution is 7.08. The first kappa shape index (κ1) is 19.6. The fourth-order valence-electron chi connectivity index (χ4n) is 3.34. The minimum atomic E-state index is -0.197. The number of nitrogens with zero attached hydrogens (tertiary/aromatic N) is 1. The molecule has 3 rings (SSSR count). The fraction of sp³-hybridized carbons (Fsp3) is 0.429. The van der Waals surface area contributed by atoms with Crippen molar-refractivity contribution in [3.8, 4) is 0 Å². The summed E-state index contributed by atoms with van der Waals surface area (Å²) in [4.78, 5) is 27.3. The monoisotopic (exact) mass is 385 g/mol. The van der Waals surface area contributed by atoms with Gasteiger partial charge in [0, 0.05) is 11.9 Å². The number of carbonyl (C=O) groups excluding carboxylic acids is 2. The van der Waals surface area contributed by atoms with E-state index in [1.807, 2.05) is 17.5 Å². The van der Waals surface area contributed by atoms with Gasteiger partial charge in [-0.05, 0) is 62.5 Å². The number of para-hydroxylation sites is 1. The van der Waals surface area contributed by atoms with Gasteiger partial charge in [0.1, 0.15) is 0 Å². The molecule has 1 aromatic carbocycles. The van der Waals surface area contributed by atoms with E-state index in [0.29, 0.717) is 23.4 Å². The van der Waals surface area contributed by atoms with E-state index in [2.05, 4.69) is 15.5 Å². The van der Waals surface area contributed by atoms with E-state index in [0.717, 1.165) is 13.0 Å². The first-order valence-electron chi connectivity index (χ1n) is 9.67. The van der Waals surface area contributed by atoms with Crippen molar-refractivity contribution in [2.24, 2.45) is 0 Å². The van der Waals surface area contributed by atoms with Gasteiger partial charge in [-0.1, -0.05) is 25.0 Å². The van der Waals surface area contributed by atoms with Crippen molar-refractivity contribution < 1.29 is 9.59 Å².